The molecule has 0 aliphatic heterocycles. The van der Waals surface area contributed by atoms with Crippen molar-refractivity contribution in [1.29, 1.82) is 0 Å². The number of benzene rings is 2. The minimum absolute atomic E-state index is 0.136. The number of rotatable bonds is 6. The largest absolute Gasteiger partial charge is 0.489 e. The quantitative estimate of drug-likeness (QED) is 0.560. The summed E-state index contributed by atoms with van der Waals surface area (Å²) in [5, 5.41) is 6.92. The second-order valence-electron chi connectivity index (χ2n) is 6.16. The Labute approximate surface area is 160 Å². The molecule has 140 valence electrons. The van der Waals surface area contributed by atoms with Gasteiger partial charge in [-0.3, -0.25) is 4.79 Å². The van der Waals surface area contributed by atoms with E-state index in [9.17, 15) is 9.18 Å². The summed E-state index contributed by atoms with van der Waals surface area (Å²) in [4.78, 5) is 16.6. The van der Waals surface area contributed by atoms with Gasteiger partial charge in [-0.25, -0.2) is 13.9 Å². The number of imidazole rings is 1. The number of amides is 1. The second-order valence-corrected chi connectivity index (χ2v) is 6.16. The first-order chi connectivity index (χ1) is 13.7. The van der Waals surface area contributed by atoms with Crippen LogP contribution in [0, 0.1) is 5.82 Å². The maximum absolute atomic E-state index is 13.7. The molecule has 0 fully saturated rings. The summed E-state index contributed by atoms with van der Waals surface area (Å²) in [7, 11) is 0. The molecule has 0 aliphatic carbocycles. The van der Waals surface area contributed by atoms with Gasteiger partial charge in [-0.05, 0) is 35.9 Å². The lowest BCUT2D eigenvalue weighted by atomic mass is 10.2. The molecule has 28 heavy (non-hydrogen) atoms. The van der Waals surface area contributed by atoms with Crippen LogP contribution in [0.3, 0.4) is 0 Å². The highest BCUT2D eigenvalue weighted by molar-refractivity contribution is 5.92. The molecule has 1 amide bonds. The number of nitrogens with one attached hydrogen (secondary N) is 1. The molecule has 4 aromatic rings. The fourth-order valence-corrected chi connectivity index (χ4v) is 2.74. The van der Waals surface area contributed by atoms with Gasteiger partial charge >= 0.3 is 0 Å². The van der Waals surface area contributed by atoms with Crippen LogP contribution >= 0.6 is 0 Å². The van der Waals surface area contributed by atoms with E-state index in [1.54, 1.807) is 53.3 Å². The Morgan fingerprint density at radius 1 is 1.11 bits per heavy atom. The van der Waals surface area contributed by atoms with Crippen LogP contribution in [0.2, 0.25) is 0 Å². The zero-order chi connectivity index (χ0) is 19.3. The minimum Gasteiger partial charge on any atom is -0.489 e. The van der Waals surface area contributed by atoms with Crippen LogP contribution in [0.25, 0.3) is 5.65 Å². The number of nitrogens with zero attached hydrogens (tertiary/aromatic N) is 3. The molecular weight excluding hydrogens is 359 g/mol. The van der Waals surface area contributed by atoms with Crippen LogP contribution in [-0.4, -0.2) is 20.5 Å². The number of aromatic nitrogens is 3. The molecule has 0 radical (unpaired) electrons. The SMILES string of the molecule is O=C(NCc1cccc(OCc2ccccc2F)c1)c1cn2ncccc2n1. The first-order valence-electron chi connectivity index (χ1n) is 8.73. The van der Waals surface area contributed by atoms with Gasteiger partial charge in [-0.15, -0.1) is 0 Å². The standard InChI is InChI=1S/C21H17FN4O2/c22-18-8-2-1-6-16(18)14-28-17-7-3-5-15(11-17)12-23-21(27)19-13-26-20(25-19)9-4-10-24-26/h1-11,13H,12,14H2,(H,23,27). The Morgan fingerprint density at radius 3 is 2.86 bits per heavy atom. The van der Waals surface area contributed by atoms with Gasteiger partial charge in [0.15, 0.2) is 5.65 Å². The molecule has 0 unspecified atom stereocenters. The van der Waals surface area contributed by atoms with Crippen molar-refractivity contribution >= 4 is 11.6 Å². The van der Waals surface area contributed by atoms with Gasteiger partial charge in [-0.1, -0.05) is 30.3 Å². The van der Waals surface area contributed by atoms with E-state index in [2.05, 4.69) is 15.4 Å². The molecule has 2 aromatic carbocycles. The number of fused-ring (bicyclic) bond motifs is 1. The Bertz CT molecular complexity index is 1090. The highest BCUT2D eigenvalue weighted by Crippen LogP contribution is 2.16. The summed E-state index contributed by atoms with van der Waals surface area (Å²) < 4.78 is 20.9. The van der Waals surface area contributed by atoms with Crippen LogP contribution in [0.4, 0.5) is 4.39 Å². The monoisotopic (exact) mass is 376 g/mol. The highest BCUT2D eigenvalue weighted by atomic mass is 19.1. The number of carbonyl (C=O) groups is 1. The summed E-state index contributed by atoms with van der Waals surface area (Å²) in [6.45, 7) is 0.452. The van der Waals surface area contributed by atoms with Gasteiger partial charge in [0.1, 0.15) is 23.9 Å². The topological polar surface area (TPSA) is 68.5 Å². The van der Waals surface area contributed by atoms with E-state index in [1.165, 1.54) is 6.07 Å². The average Bonchev–Trinajstić information content (AvgIpc) is 3.16. The molecule has 0 bridgehead atoms. The average molecular weight is 376 g/mol. The smallest absolute Gasteiger partial charge is 0.271 e. The van der Waals surface area contributed by atoms with E-state index >= 15 is 0 Å². The predicted octanol–water partition coefficient (Wildman–Crippen LogP) is 3.38. The van der Waals surface area contributed by atoms with Crippen LogP contribution in [0.5, 0.6) is 5.75 Å². The number of hydrogen-bond acceptors (Lipinski definition) is 4. The lowest BCUT2D eigenvalue weighted by Gasteiger charge is -2.09. The number of halogens is 1. The van der Waals surface area contributed by atoms with Crippen LogP contribution in [-0.2, 0) is 13.2 Å². The molecular formula is C21H17FN4O2. The lowest BCUT2D eigenvalue weighted by molar-refractivity contribution is 0.0946. The molecule has 4 rings (SSSR count). The summed E-state index contributed by atoms with van der Waals surface area (Å²) >= 11 is 0. The highest BCUT2D eigenvalue weighted by Gasteiger charge is 2.11. The molecule has 0 atom stereocenters. The zero-order valence-corrected chi connectivity index (χ0v) is 14.9. The third-order valence-electron chi connectivity index (χ3n) is 4.17. The van der Waals surface area contributed by atoms with Crippen molar-refractivity contribution < 1.29 is 13.9 Å². The maximum atomic E-state index is 13.7. The molecule has 2 heterocycles. The molecule has 2 aromatic heterocycles. The van der Waals surface area contributed by atoms with Crippen molar-refractivity contribution in [1.82, 2.24) is 19.9 Å². The number of hydrogen-bond donors (Lipinski definition) is 1. The van der Waals surface area contributed by atoms with Gasteiger partial charge in [0.2, 0.25) is 0 Å². The van der Waals surface area contributed by atoms with Gasteiger partial charge in [0, 0.05) is 18.3 Å². The molecule has 0 saturated heterocycles. The van der Waals surface area contributed by atoms with E-state index in [0.717, 1.165) is 5.56 Å². The van der Waals surface area contributed by atoms with Gasteiger partial charge in [0.25, 0.3) is 5.91 Å². The number of ether oxygens (including phenoxy) is 1. The fraction of sp³-hybridized carbons (Fsp3) is 0.0952. The molecule has 0 spiro atoms. The first-order valence-corrected chi connectivity index (χ1v) is 8.73. The van der Waals surface area contributed by atoms with Gasteiger partial charge < -0.3 is 10.1 Å². The van der Waals surface area contributed by atoms with Gasteiger partial charge in [0.05, 0.1) is 6.20 Å². The van der Waals surface area contributed by atoms with Crippen molar-refractivity contribution in [2.24, 2.45) is 0 Å². The third kappa shape index (κ3) is 3.98. The molecule has 6 nitrogen and oxygen atoms in total. The summed E-state index contributed by atoms with van der Waals surface area (Å²) in [6.07, 6.45) is 3.21. The van der Waals surface area contributed by atoms with E-state index in [0.29, 0.717) is 29.2 Å². The van der Waals surface area contributed by atoms with E-state index in [4.69, 9.17) is 4.74 Å². The van der Waals surface area contributed by atoms with Gasteiger partial charge in [-0.2, -0.15) is 5.10 Å². The maximum Gasteiger partial charge on any atom is 0.271 e. The van der Waals surface area contributed by atoms with E-state index in [1.807, 2.05) is 18.2 Å². The lowest BCUT2D eigenvalue weighted by Crippen LogP contribution is -2.23. The Morgan fingerprint density at radius 2 is 2.00 bits per heavy atom. The van der Waals surface area contributed by atoms with E-state index in [-0.39, 0.29) is 18.3 Å². The molecule has 0 aliphatic rings. The normalized spacial score (nSPS) is 10.8. The molecule has 1 N–H and O–H groups in total. The van der Waals surface area contributed by atoms with Crippen molar-refractivity contribution in [3.8, 4) is 5.75 Å². The Balaban J connectivity index is 1.38. The van der Waals surface area contributed by atoms with Crippen molar-refractivity contribution in [2.75, 3.05) is 0 Å². The number of carbonyl (C=O) groups excluding carboxylic acids is 1. The summed E-state index contributed by atoms with van der Waals surface area (Å²) in [5.74, 6) is 0.0166. The zero-order valence-electron chi connectivity index (χ0n) is 14.9. The fourth-order valence-electron chi connectivity index (χ4n) is 2.74. The van der Waals surface area contributed by atoms with Crippen molar-refractivity contribution in [3.63, 3.8) is 0 Å². The second kappa shape index (κ2) is 7.87. The summed E-state index contributed by atoms with van der Waals surface area (Å²) in [6, 6.07) is 17.3. The Kier molecular flexibility index (Phi) is 4.97. The first kappa shape index (κ1) is 17.7. The third-order valence-corrected chi connectivity index (χ3v) is 4.17. The predicted molar refractivity (Wildman–Crippen MR) is 101 cm³/mol. The van der Waals surface area contributed by atoms with Crippen LogP contribution in [0.1, 0.15) is 21.6 Å². The molecule has 7 heteroatoms. The van der Waals surface area contributed by atoms with Crippen LogP contribution < -0.4 is 10.1 Å². The van der Waals surface area contributed by atoms with Crippen molar-refractivity contribution in [2.45, 2.75) is 13.2 Å². The van der Waals surface area contributed by atoms with Crippen molar-refractivity contribution in [3.05, 3.63) is 95.7 Å². The Hall–Kier alpha value is -3.74. The minimum atomic E-state index is -0.298. The summed E-state index contributed by atoms with van der Waals surface area (Å²) in [5.41, 5.74) is 2.25. The van der Waals surface area contributed by atoms with Crippen LogP contribution in [0.15, 0.2) is 73.1 Å². The molecule has 0 saturated carbocycles. The van der Waals surface area contributed by atoms with E-state index < -0.39 is 0 Å².